The van der Waals surface area contributed by atoms with Gasteiger partial charge in [-0.15, -0.1) is 24.0 Å². The number of guanidine groups is 1. The molecule has 1 saturated heterocycles. The molecular formula is C20H33IN4O4. The van der Waals surface area contributed by atoms with Gasteiger partial charge in [0.15, 0.2) is 5.96 Å². The van der Waals surface area contributed by atoms with E-state index < -0.39 is 0 Å². The average molecular weight is 520 g/mol. The van der Waals surface area contributed by atoms with Gasteiger partial charge in [0.25, 0.3) is 0 Å². The summed E-state index contributed by atoms with van der Waals surface area (Å²) < 4.78 is 15.7. The van der Waals surface area contributed by atoms with Gasteiger partial charge in [-0.05, 0) is 56.4 Å². The summed E-state index contributed by atoms with van der Waals surface area (Å²) >= 11 is 0. The van der Waals surface area contributed by atoms with E-state index >= 15 is 0 Å². The topological polar surface area (TPSA) is 98.4 Å². The van der Waals surface area contributed by atoms with E-state index in [2.05, 4.69) is 10.3 Å². The molecule has 2 rings (SSSR count). The molecule has 0 spiro atoms. The lowest BCUT2D eigenvalue weighted by Gasteiger charge is -2.31. The summed E-state index contributed by atoms with van der Waals surface area (Å²) in [4.78, 5) is 17.9. The predicted molar refractivity (Wildman–Crippen MR) is 125 cm³/mol. The first-order chi connectivity index (χ1) is 13.6. The van der Waals surface area contributed by atoms with Crippen LogP contribution >= 0.6 is 24.0 Å². The highest BCUT2D eigenvalue weighted by Gasteiger charge is 2.23. The molecule has 1 fully saturated rings. The van der Waals surface area contributed by atoms with Crippen LogP contribution in [0.2, 0.25) is 0 Å². The number of likely N-dealkylation sites (tertiary alicyclic amines) is 1. The number of rotatable bonds is 8. The summed E-state index contributed by atoms with van der Waals surface area (Å²) in [5.41, 5.74) is 7.11. The Morgan fingerprint density at radius 3 is 2.62 bits per heavy atom. The number of benzene rings is 1. The van der Waals surface area contributed by atoms with Crippen molar-refractivity contribution in [2.75, 3.05) is 40.5 Å². The van der Waals surface area contributed by atoms with E-state index in [0.29, 0.717) is 32.2 Å². The number of aryl methyl sites for hydroxylation is 1. The Kier molecular flexibility index (Phi) is 11.6. The Balaban J connectivity index is 0.00000420. The van der Waals surface area contributed by atoms with Crippen LogP contribution in [-0.2, 0) is 11.2 Å². The molecule has 0 bridgehead atoms. The Bertz CT molecular complexity index is 664. The van der Waals surface area contributed by atoms with E-state index in [-0.39, 0.29) is 36.1 Å². The van der Waals surface area contributed by atoms with Crippen LogP contribution in [-0.4, -0.2) is 63.5 Å². The van der Waals surface area contributed by atoms with Crippen molar-refractivity contribution in [3.05, 3.63) is 23.8 Å². The minimum atomic E-state index is -0.240. The van der Waals surface area contributed by atoms with Crippen LogP contribution in [0.3, 0.4) is 0 Å². The first kappa shape index (κ1) is 25.1. The third-order valence-electron chi connectivity index (χ3n) is 4.75. The van der Waals surface area contributed by atoms with Gasteiger partial charge in [-0.1, -0.05) is 0 Å². The molecule has 0 aliphatic carbocycles. The van der Waals surface area contributed by atoms with Crippen LogP contribution in [0.5, 0.6) is 11.5 Å². The SMILES string of the molecule is CCOC(=O)N1CCC(NC(N)=NCCCc2cc(OC)ccc2OC)CC1.I. The van der Waals surface area contributed by atoms with E-state index in [4.69, 9.17) is 19.9 Å². The number of amides is 1. The molecule has 0 aromatic heterocycles. The third kappa shape index (κ3) is 8.15. The Morgan fingerprint density at radius 1 is 1.28 bits per heavy atom. The van der Waals surface area contributed by atoms with Gasteiger partial charge < -0.3 is 30.2 Å². The van der Waals surface area contributed by atoms with Crippen molar-refractivity contribution in [2.24, 2.45) is 10.7 Å². The standard InChI is InChI=1S/C20H32N4O4.HI/c1-4-28-20(25)24-12-9-16(10-13-24)23-19(21)22-11-5-6-15-14-17(26-2)7-8-18(15)27-3;/h7-8,14,16H,4-6,9-13H2,1-3H3,(H3,21,22,23);1H. The van der Waals surface area contributed by atoms with Crippen molar-refractivity contribution in [1.29, 1.82) is 0 Å². The second kappa shape index (κ2) is 13.3. The molecule has 1 amide bonds. The predicted octanol–water partition coefficient (Wildman–Crippen LogP) is 2.78. The number of halogens is 1. The number of carbonyl (C=O) groups is 1. The van der Waals surface area contributed by atoms with Crippen LogP contribution in [0.1, 0.15) is 31.7 Å². The van der Waals surface area contributed by atoms with E-state index in [1.54, 1.807) is 19.1 Å². The lowest BCUT2D eigenvalue weighted by molar-refractivity contribution is 0.0963. The molecule has 1 aliphatic heterocycles. The molecule has 0 saturated carbocycles. The summed E-state index contributed by atoms with van der Waals surface area (Å²) in [6, 6.07) is 6.01. The number of ether oxygens (including phenoxy) is 3. The van der Waals surface area contributed by atoms with Crippen LogP contribution in [0.15, 0.2) is 23.2 Å². The number of piperidine rings is 1. The van der Waals surface area contributed by atoms with Crippen molar-refractivity contribution < 1.29 is 19.0 Å². The number of nitrogens with one attached hydrogen (secondary N) is 1. The van der Waals surface area contributed by atoms with Crippen molar-refractivity contribution in [2.45, 2.75) is 38.6 Å². The van der Waals surface area contributed by atoms with Crippen molar-refractivity contribution in [3.8, 4) is 11.5 Å². The zero-order valence-corrected chi connectivity index (χ0v) is 19.8. The van der Waals surface area contributed by atoms with E-state index in [9.17, 15) is 4.79 Å². The summed E-state index contributed by atoms with van der Waals surface area (Å²) in [6.07, 6.45) is 3.10. The molecule has 1 aliphatic rings. The molecule has 0 atom stereocenters. The molecule has 164 valence electrons. The number of hydrogen-bond donors (Lipinski definition) is 2. The first-order valence-corrected chi connectivity index (χ1v) is 9.76. The smallest absolute Gasteiger partial charge is 0.409 e. The third-order valence-corrected chi connectivity index (χ3v) is 4.75. The van der Waals surface area contributed by atoms with Crippen LogP contribution in [0.4, 0.5) is 4.79 Å². The molecule has 1 heterocycles. The monoisotopic (exact) mass is 520 g/mol. The maximum atomic E-state index is 11.7. The number of aliphatic imine (C=N–C) groups is 1. The lowest BCUT2D eigenvalue weighted by Crippen LogP contribution is -2.48. The molecule has 0 radical (unpaired) electrons. The Morgan fingerprint density at radius 2 is 2.00 bits per heavy atom. The van der Waals surface area contributed by atoms with Gasteiger partial charge >= 0.3 is 6.09 Å². The molecule has 9 heteroatoms. The fourth-order valence-electron chi connectivity index (χ4n) is 3.22. The van der Waals surface area contributed by atoms with E-state index in [0.717, 1.165) is 42.7 Å². The summed E-state index contributed by atoms with van der Waals surface area (Å²) in [7, 11) is 3.32. The quantitative estimate of drug-likeness (QED) is 0.237. The fraction of sp³-hybridized carbons (Fsp3) is 0.600. The van der Waals surface area contributed by atoms with Crippen LogP contribution in [0.25, 0.3) is 0 Å². The zero-order valence-electron chi connectivity index (χ0n) is 17.5. The van der Waals surface area contributed by atoms with Gasteiger partial charge in [0.1, 0.15) is 11.5 Å². The molecule has 29 heavy (non-hydrogen) atoms. The number of carbonyl (C=O) groups excluding carboxylic acids is 1. The van der Waals surface area contributed by atoms with Gasteiger partial charge in [-0.2, -0.15) is 0 Å². The minimum Gasteiger partial charge on any atom is -0.497 e. The molecule has 1 aromatic carbocycles. The zero-order chi connectivity index (χ0) is 20.4. The minimum absolute atomic E-state index is 0. The summed E-state index contributed by atoms with van der Waals surface area (Å²) in [5.74, 6) is 2.12. The van der Waals surface area contributed by atoms with Crippen LogP contribution in [0, 0.1) is 0 Å². The number of hydrogen-bond acceptors (Lipinski definition) is 5. The highest BCUT2D eigenvalue weighted by atomic mass is 127. The second-order valence-corrected chi connectivity index (χ2v) is 6.65. The van der Waals surface area contributed by atoms with Gasteiger partial charge in [0.05, 0.1) is 20.8 Å². The molecule has 8 nitrogen and oxygen atoms in total. The molecule has 0 unspecified atom stereocenters. The van der Waals surface area contributed by atoms with Crippen LogP contribution < -0.4 is 20.5 Å². The normalized spacial score (nSPS) is 14.7. The first-order valence-electron chi connectivity index (χ1n) is 9.76. The van der Waals surface area contributed by atoms with Gasteiger partial charge in [-0.3, -0.25) is 4.99 Å². The summed E-state index contributed by atoms with van der Waals surface area (Å²) in [6.45, 7) is 4.17. The Hall–Kier alpha value is -1.91. The maximum absolute atomic E-state index is 11.7. The number of nitrogens with two attached hydrogens (primary N) is 1. The highest BCUT2D eigenvalue weighted by Crippen LogP contribution is 2.25. The van der Waals surface area contributed by atoms with Crippen molar-refractivity contribution in [3.63, 3.8) is 0 Å². The summed E-state index contributed by atoms with van der Waals surface area (Å²) in [5, 5.41) is 3.25. The second-order valence-electron chi connectivity index (χ2n) is 6.65. The highest BCUT2D eigenvalue weighted by molar-refractivity contribution is 14.0. The average Bonchev–Trinajstić information content (AvgIpc) is 2.71. The van der Waals surface area contributed by atoms with Gasteiger partial charge in [-0.25, -0.2) is 4.79 Å². The lowest BCUT2D eigenvalue weighted by atomic mass is 10.1. The molecule has 1 aromatic rings. The van der Waals surface area contributed by atoms with E-state index in [1.807, 2.05) is 25.1 Å². The van der Waals surface area contributed by atoms with Crippen molar-refractivity contribution >= 4 is 36.0 Å². The van der Waals surface area contributed by atoms with E-state index in [1.165, 1.54) is 0 Å². The maximum Gasteiger partial charge on any atom is 0.409 e. The number of nitrogens with zero attached hydrogens (tertiary/aromatic N) is 2. The van der Waals surface area contributed by atoms with Gasteiger partial charge in [0.2, 0.25) is 0 Å². The Labute approximate surface area is 190 Å². The number of methoxy groups -OCH3 is 2. The van der Waals surface area contributed by atoms with Crippen molar-refractivity contribution in [1.82, 2.24) is 10.2 Å². The molecule has 3 N–H and O–H groups in total. The molecular weight excluding hydrogens is 487 g/mol. The fourth-order valence-corrected chi connectivity index (χ4v) is 3.22. The van der Waals surface area contributed by atoms with Gasteiger partial charge in [0, 0.05) is 25.7 Å². The largest absolute Gasteiger partial charge is 0.497 e.